The van der Waals surface area contributed by atoms with Crippen molar-refractivity contribution in [3.05, 3.63) is 102 Å². The molecule has 0 bridgehead atoms. The average Bonchev–Trinajstić information content (AvgIpc) is 3.56. The Labute approximate surface area is 251 Å². The van der Waals surface area contributed by atoms with E-state index in [4.69, 9.17) is 14.2 Å². The fourth-order valence-electron chi connectivity index (χ4n) is 6.88. The van der Waals surface area contributed by atoms with E-state index in [1.807, 2.05) is 67.6 Å². The molecular weight excluding hydrogens is 544 g/mol. The van der Waals surface area contributed by atoms with Gasteiger partial charge in [0.1, 0.15) is 31.0 Å². The zero-order chi connectivity index (χ0) is 30.5. The van der Waals surface area contributed by atoms with Crippen LogP contribution in [0.3, 0.4) is 0 Å². The number of hydrogen-bond acceptors (Lipinski definition) is 6. The Morgan fingerprint density at radius 2 is 1.51 bits per heavy atom. The molecule has 0 aromatic heterocycles. The fourth-order valence-corrected chi connectivity index (χ4v) is 6.88. The minimum Gasteiger partial charge on any atom is -0.460 e. The number of carbonyl (C=O) groups is 3. The van der Waals surface area contributed by atoms with Crippen LogP contribution in [0.4, 0.5) is 15.3 Å². The van der Waals surface area contributed by atoms with Gasteiger partial charge in [0.15, 0.2) is 0 Å². The van der Waals surface area contributed by atoms with Crippen LogP contribution in [0, 0.1) is 0 Å². The van der Waals surface area contributed by atoms with Crippen LogP contribution in [0.5, 0.6) is 0 Å². The minimum absolute atomic E-state index is 0.00160. The predicted octanol–water partition coefficient (Wildman–Crippen LogP) is 6.78. The van der Waals surface area contributed by atoms with E-state index in [-0.39, 0.29) is 25.6 Å². The summed E-state index contributed by atoms with van der Waals surface area (Å²) < 4.78 is 17.3. The van der Waals surface area contributed by atoms with Gasteiger partial charge in [-0.05, 0) is 61.1 Å². The number of benzene rings is 3. The van der Waals surface area contributed by atoms with E-state index >= 15 is 0 Å². The van der Waals surface area contributed by atoms with Gasteiger partial charge in [0.05, 0.1) is 5.69 Å². The SMILES string of the molecule is C=CCOC(=O)[C@@H]1C[C@@]2(C)c3ccccc3N(C(=O)OC(C)(C)C)[C@H]2N1C(=O)OCC1c2ccccc2-c2ccccc21. The standard InChI is InChI=1S/C35H36N2O6/c1-6-19-41-30(38)29-20-35(5)27-17-11-12-18-28(27)36(33(40)43-34(2,3)4)31(35)37(29)32(39)42-21-26-24-15-9-7-13-22(24)23-14-8-10-16-25(23)26/h6-18,26,29,31H,1,19-21H2,2-5H3/t29-,31-,35-/m0/s1. The lowest BCUT2D eigenvalue weighted by Gasteiger charge is -2.36. The van der Waals surface area contributed by atoms with Crippen LogP contribution in [0.15, 0.2) is 85.5 Å². The Kier molecular flexibility index (Phi) is 7.03. The second-order valence-electron chi connectivity index (χ2n) is 12.5. The number of rotatable bonds is 5. The van der Waals surface area contributed by atoms with Crippen LogP contribution >= 0.6 is 0 Å². The van der Waals surface area contributed by atoms with Crippen molar-refractivity contribution in [1.29, 1.82) is 0 Å². The molecule has 8 heteroatoms. The van der Waals surface area contributed by atoms with E-state index in [1.54, 1.807) is 20.8 Å². The topological polar surface area (TPSA) is 85.4 Å². The lowest BCUT2D eigenvalue weighted by Crippen LogP contribution is -2.56. The molecule has 3 aromatic carbocycles. The molecule has 0 N–H and O–H groups in total. The molecule has 2 aliphatic heterocycles. The lowest BCUT2D eigenvalue weighted by molar-refractivity contribution is -0.147. The van der Waals surface area contributed by atoms with Gasteiger partial charge in [0.25, 0.3) is 0 Å². The van der Waals surface area contributed by atoms with Crippen molar-refractivity contribution in [3.8, 4) is 11.1 Å². The van der Waals surface area contributed by atoms with Crippen molar-refractivity contribution in [1.82, 2.24) is 4.90 Å². The molecule has 3 aromatic rings. The monoisotopic (exact) mass is 580 g/mol. The van der Waals surface area contributed by atoms with E-state index in [2.05, 4.69) is 18.7 Å². The summed E-state index contributed by atoms with van der Waals surface area (Å²) >= 11 is 0. The number of ether oxygens (including phenoxy) is 3. The molecule has 0 saturated carbocycles. The summed E-state index contributed by atoms with van der Waals surface area (Å²) in [5.74, 6) is -0.745. The maximum absolute atomic E-state index is 14.2. The number of carbonyl (C=O) groups excluding carboxylic acids is 3. The van der Waals surface area contributed by atoms with Gasteiger partial charge in [-0.15, -0.1) is 0 Å². The highest BCUT2D eigenvalue weighted by Gasteiger charge is 2.64. The zero-order valence-electron chi connectivity index (χ0n) is 24.9. The largest absolute Gasteiger partial charge is 0.460 e. The summed E-state index contributed by atoms with van der Waals surface area (Å²) in [6, 6.07) is 22.7. The van der Waals surface area contributed by atoms with Gasteiger partial charge in [-0.1, -0.05) is 86.3 Å². The molecule has 1 aliphatic carbocycles. The molecule has 0 spiro atoms. The molecule has 0 unspecified atom stereocenters. The molecule has 222 valence electrons. The first-order valence-electron chi connectivity index (χ1n) is 14.6. The van der Waals surface area contributed by atoms with Crippen molar-refractivity contribution < 1.29 is 28.6 Å². The van der Waals surface area contributed by atoms with Crippen LogP contribution in [-0.4, -0.2) is 54.1 Å². The number of para-hydroxylation sites is 1. The first kappa shape index (κ1) is 28.5. The van der Waals surface area contributed by atoms with Gasteiger partial charge in [-0.2, -0.15) is 0 Å². The normalized spacial score (nSPS) is 21.9. The molecule has 6 rings (SSSR count). The Hall–Kier alpha value is -4.59. The van der Waals surface area contributed by atoms with E-state index in [1.165, 1.54) is 15.9 Å². The van der Waals surface area contributed by atoms with Gasteiger partial charge in [-0.3, -0.25) is 9.80 Å². The van der Waals surface area contributed by atoms with Gasteiger partial charge in [0, 0.05) is 11.3 Å². The second-order valence-corrected chi connectivity index (χ2v) is 12.5. The zero-order valence-corrected chi connectivity index (χ0v) is 24.9. The van der Waals surface area contributed by atoms with Crippen molar-refractivity contribution >= 4 is 23.8 Å². The molecule has 2 heterocycles. The maximum Gasteiger partial charge on any atom is 0.416 e. The number of fused-ring (bicyclic) bond motifs is 6. The van der Waals surface area contributed by atoms with Crippen molar-refractivity contribution in [3.63, 3.8) is 0 Å². The highest BCUT2D eigenvalue weighted by molar-refractivity contribution is 5.95. The average molecular weight is 581 g/mol. The number of esters is 1. The molecule has 3 aliphatic rings. The highest BCUT2D eigenvalue weighted by Crippen LogP contribution is 2.55. The summed E-state index contributed by atoms with van der Waals surface area (Å²) in [5.41, 5.74) is 4.31. The summed E-state index contributed by atoms with van der Waals surface area (Å²) in [5, 5.41) is 0. The van der Waals surface area contributed by atoms with Crippen molar-refractivity contribution in [2.75, 3.05) is 18.1 Å². The van der Waals surface area contributed by atoms with Crippen LogP contribution < -0.4 is 4.90 Å². The maximum atomic E-state index is 14.2. The second kappa shape index (κ2) is 10.6. The summed E-state index contributed by atoms with van der Waals surface area (Å²) in [4.78, 5) is 44.3. The lowest BCUT2D eigenvalue weighted by atomic mass is 9.80. The Bertz CT molecular complexity index is 1560. The van der Waals surface area contributed by atoms with E-state index in [0.717, 1.165) is 27.8 Å². The quantitative estimate of drug-likeness (QED) is 0.188. The fraction of sp³-hybridized carbons (Fsp3) is 0.343. The Balaban J connectivity index is 1.37. The number of amides is 2. The number of likely N-dealkylation sites (tertiary alicyclic amines) is 1. The Morgan fingerprint density at radius 1 is 0.907 bits per heavy atom. The van der Waals surface area contributed by atoms with E-state index < -0.39 is 41.4 Å². The van der Waals surface area contributed by atoms with Gasteiger partial charge in [0.2, 0.25) is 0 Å². The van der Waals surface area contributed by atoms with E-state index in [9.17, 15) is 14.4 Å². The van der Waals surface area contributed by atoms with Crippen LogP contribution in [0.25, 0.3) is 11.1 Å². The molecule has 1 saturated heterocycles. The third kappa shape index (κ3) is 4.75. The van der Waals surface area contributed by atoms with Crippen molar-refractivity contribution in [2.45, 2.75) is 63.3 Å². The molecular formula is C35H36N2O6. The molecule has 0 radical (unpaired) electrons. The first-order chi connectivity index (χ1) is 20.5. The summed E-state index contributed by atoms with van der Waals surface area (Å²) in [7, 11) is 0. The molecule has 43 heavy (non-hydrogen) atoms. The molecule has 2 amide bonds. The van der Waals surface area contributed by atoms with Gasteiger partial charge >= 0.3 is 18.2 Å². The van der Waals surface area contributed by atoms with Gasteiger partial charge in [-0.25, -0.2) is 14.4 Å². The number of hydrogen-bond donors (Lipinski definition) is 0. The third-order valence-corrected chi connectivity index (χ3v) is 8.56. The Morgan fingerprint density at radius 3 is 2.14 bits per heavy atom. The van der Waals surface area contributed by atoms with Gasteiger partial charge < -0.3 is 14.2 Å². The summed E-state index contributed by atoms with van der Waals surface area (Å²) in [6.07, 6.45) is -0.442. The number of nitrogens with zero attached hydrogens (tertiary/aromatic N) is 2. The third-order valence-electron chi connectivity index (χ3n) is 8.56. The van der Waals surface area contributed by atoms with Crippen molar-refractivity contribution in [2.24, 2.45) is 0 Å². The smallest absolute Gasteiger partial charge is 0.416 e. The van der Waals surface area contributed by atoms with E-state index in [0.29, 0.717) is 5.69 Å². The molecule has 1 fully saturated rings. The summed E-state index contributed by atoms with van der Waals surface area (Å²) in [6.45, 7) is 11.1. The predicted molar refractivity (Wildman–Crippen MR) is 163 cm³/mol. The van der Waals surface area contributed by atoms with Crippen LogP contribution in [0.2, 0.25) is 0 Å². The molecule has 3 atom stereocenters. The van der Waals surface area contributed by atoms with Crippen LogP contribution in [-0.2, 0) is 24.4 Å². The highest BCUT2D eigenvalue weighted by atomic mass is 16.6. The van der Waals surface area contributed by atoms with Crippen LogP contribution in [0.1, 0.15) is 56.7 Å². The molecule has 8 nitrogen and oxygen atoms in total. The first-order valence-corrected chi connectivity index (χ1v) is 14.6. The minimum atomic E-state index is -0.983. The number of anilines is 1.